The summed E-state index contributed by atoms with van der Waals surface area (Å²) in [4.78, 5) is 37.5. The number of phosphoric ester groups is 1. The first-order chi connectivity index (χ1) is 26.5. The fourth-order valence-corrected chi connectivity index (χ4v) is 6.43. The maximum absolute atomic E-state index is 12.6. The summed E-state index contributed by atoms with van der Waals surface area (Å²) in [5, 5.41) is 0. The molecular weight excluding hydrogens is 713 g/mol. The molecule has 0 aliphatic heterocycles. The lowest BCUT2D eigenvalue weighted by atomic mass is 10.0. The summed E-state index contributed by atoms with van der Waals surface area (Å²) in [7, 11) is 1.14. The number of carbonyl (C=O) groups is 2. The predicted octanol–water partition coefficient (Wildman–Crippen LogP) is 11.7. The zero-order chi connectivity index (χ0) is 40.7. The molecule has 0 fully saturated rings. The first kappa shape index (κ1) is 53.0. The Hall–Kier alpha value is -2.03. The van der Waals surface area contributed by atoms with Crippen LogP contribution >= 0.6 is 7.82 Å². The van der Waals surface area contributed by atoms with E-state index in [0.717, 1.165) is 57.8 Å². The van der Waals surface area contributed by atoms with Crippen LogP contribution in [0.5, 0.6) is 0 Å². The number of quaternary nitrogens is 1. The van der Waals surface area contributed by atoms with Crippen LogP contribution in [0.25, 0.3) is 0 Å². The van der Waals surface area contributed by atoms with Gasteiger partial charge >= 0.3 is 11.9 Å². The molecule has 0 radical (unpaired) electrons. The average Bonchev–Trinajstić information content (AvgIpc) is 3.13. The summed E-state index contributed by atoms with van der Waals surface area (Å²) >= 11 is 0. The number of esters is 2. The summed E-state index contributed by atoms with van der Waals surface area (Å²) in [6.07, 6.45) is 42.8. The molecule has 0 spiro atoms. The fraction of sp³-hybridized carbons (Fsp3) is 0.778. The van der Waals surface area contributed by atoms with Gasteiger partial charge in [0.15, 0.2) is 6.10 Å². The predicted molar refractivity (Wildman–Crippen MR) is 227 cm³/mol. The summed E-state index contributed by atoms with van der Waals surface area (Å²) in [6, 6.07) is 0. The molecule has 320 valence electrons. The van der Waals surface area contributed by atoms with Gasteiger partial charge in [-0.1, -0.05) is 159 Å². The SMILES string of the molecule is CC/C=C\C/C=C\C/C=C\C/C=C\CCCCC(=O)O[C@H](COC(=O)CCCCCCCCCCCCCCCCCC)COP(=O)([O-])OCC[N+](C)(C)C. The second kappa shape index (κ2) is 37.5. The Labute approximate surface area is 337 Å². The van der Waals surface area contributed by atoms with Crippen molar-refractivity contribution in [1.82, 2.24) is 0 Å². The van der Waals surface area contributed by atoms with Gasteiger partial charge in [0.2, 0.25) is 0 Å². The van der Waals surface area contributed by atoms with E-state index in [0.29, 0.717) is 17.4 Å². The molecule has 0 aliphatic carbocycles. The monoisotopic (exact) mass is 796 g/mol. The molecule has 10 heteroatoms. The number of nitrogens with zero attached hydrogens (tertiary/aromatic N) is 1. The molecule has 0 aromatic heterocycles. The van der Waals surface area contributed by atoms with Crippen molar-refractivity contribution in [3.05, 3.63) is 48.6 Å². The number of carbonyl (C=O) groups excluding carboxylic acids is 2. The van der Waals surface area contributed by atoms with E-state index in [1.165, 1.54) is 83.5 Å². The second-order valence-electron chi connectivity index (χ2n) is 15.7. The largest absolute Gasteiger partial charge is 0.756 e. The number of ether oxygens (including phenoxy) is 2. The van der Waals surface area contributed by atoms with Crippen molar-refractivity contribution in [2.45, 2.75) is 180 Å². The van der Waals surface area contributed by atoms with Crippen LogP contribution in [0.1, 0.15) is 174 Å². The number of allylic oxidation sites excluding steroid dienone is 8. The van der Waals surface area contributed by atoms with Gasteiger partial charge in [0.1, 0.15) is 19.8 Å². The zero-order valence-electron chi connectivity index (χ0n) is 35.9. The lowest BCUT2D eigenvalue weighted by Crippen LogP contribution is -2.37. The molecule has 55 heavy (non-hydrogen) atoms. The van der Waals surface area contributed by atoms with Crippen molar-refractivity contribution in [1.29, 1.82) is 0 Å². The van der Waals surface area contributed by atoms with Crippen LogP contribution in [0.15, 0.2) is 48.6 Å². The van der Waals surface area contributed by atoms with Gasteiger partial charge < -0.3 is 27.9 Å². The van der Waals surface area contributed by atoms with E-state index in [4.69, 9.17) is 18.5 Å². The van der Waals surface area contributed by atoms with Crippen molar-refractivity contribution in [2.75, 3.05) is 47.5 Å². The minimum absolute atomic E-state index is 0.0394. The number of unbranched alkanes of at least 4 members (excludes halogenated alkanes) is 17. The highest BCUT2D eigenvalue weighted by Gasteiger charge is 2.21. The molecule has 9 nitrogen and oxygen atoms in total. The van der Waals surface area contributed by atoms with Gasteiger partial charge in [-0.3, -0.25) is 14.2 Å². The smallest absolute Gasteiger partial charge is 0.306 e. The van der Waals surface area contributed by atoms with Crippen molar-refractivity contribution < 1.29 is 42.1 Å². The fourth-order valence-electron chi connectivity index (χ4n) is 5.70. The van der Waals surface area contributed by atoms with Crippen LogP contribution < -0.4 is 4.89 Å². The first-order valence-corrected chi connectivity index (χ1v) is 23.3. The third-order valence-corrected chi connectivity index (χ3v) is 10.1. The second-order valence-corrected chi connectivity index (χ2v) is 17.1. The molecule has 0 rings (SSSR count). The van der Waals surface area contributed by atoms with Gasteiger partial charge in [0.05, 0.1) is 27.7 Å². The molecule has 0 saturated carbocycles. The minimum Gasteiger partial charge on any atom is -0.756 e. The number of hydrogen-bond acceptors (Lipinski definition) is 8. The minimum atomic E-state index is -4.63. The topological polar surface area (TPSA) is 111 Å². The molecule has 0 aromatic rings. The first-order valence-electron chi connectivity index (χ1n) is 21.8. The van der Waals surface area contributed by atoms with E-state index >= 15 is 0 Å². The van der Waals surface area contributed by atoms with Gasteiger partial charge in [-0.2, -0.15) is 0 Å². The average molecular weight is 796 g/mol. The third kappa shape index (κ3) is 41.4. The summed E-state index contributed by atoms with van der Waals surface area (Å²) in [5.41, 5.74) is 0. The Bertz CT molecular complexity index is 1080. The molecule has 0 heterocycles. The highest BCUT2D eigenvalue weighted by Crippen LogP contribution is 2.38. The standard InChI is InChI=1S/C45H82NO8P/c1-6-8-10-12-14-16-18-20-22-24-25-27-29-31-33-35-37-44(47)51-41-43(42-53-55(49,50)52-40-39-46(3,4)5)54-45(48)38-36-34-32-30-28-26-23-21-19-17-15-13-11-9-7-2/h9,11,15,17,21,23,28,30,43H,6-8,10,12-14,16,18-20,22,24-27,29,31-42H2,1-5H3/b11-9-,17-15-,23-21-,30-28-/t43-/m1/s1. The van der Waals surface area contributed by atoms with Crippen molar-refractivity contribution >= 4 is 19.8 Å². The van der Waals surface area contributed by atoms with Gasteiger partial charge in [-0.15, -0.1) is 0 Å². The molecule has 2 atom stereocenters. The van der Waals surface area contributed by atoms with E-state index in [2.05, 4.69) is 62.5 Å². The quantitative estimate of drug-likeness (QED) is 0.0199. The van der Waals surface area contributed by atoms with Crippen LogP contribution in [-0.2, 0) is 32.7 Å². The number of hydrogen-bond donors (Lipinski definition) is 0. The van der Waals surface area contributed by atoms with E-state index in [-0.39, 0.29) is 26.1 Å². The maximum atomic E-state index is 12.6. The number of likely N-dealkylation sites (N-methyl/N-ethyl adjacent to an activating group) is 1. The van der Waals surface area contributed by atoms with Crippen molar-refractivity contribution in [2.24, 2.45) is 0 Å². The summed E-state index contributed by atoms with van der Waals surface area (Å²) < 4.78 is 33.8. The Balaban J connectivity index is 4.41. The molecule has 0 aliphatic rings. The molecule has 0 aromatic carbocycles. The Kier molecular flexibility index (Phi) is 36.2. The van der Waals surface area contributed by atoms with Gasteiger partial charge in [0.25, 0.3) is 7.82 Å². The van der Waals surface area contributed by atoms with Gasteiger partial charge in [0, 0.05) is 12.8 Å². The molecule has 0 saturated heterocycles. The van der Waals surface area contributed by atoms with Crippen LogP contribution in [0.4, 0.5) is 0 Å². The molecule has 0 N–H and O–H groups in total. The van der Waals surface area contributed by atoms with Crippen LogP contribution in [0.2, 0.25) is 0 Å². The normalized spacial score (nSPS) is 14.1. The number of phosphoric acid groups is 1. The lowest BCUT2D eigenvalue weighted by Gasteiger charge is -2.28. The molecular formula is C45H82NO8P. The van der Waals surface area contributed by atoms with Crippen LogP contribution in [0, 0.1) is 0 Å². The zero-order valence-corrected chi connectivity index (χ0v) is 36.8. The van der Waals surface area contributed by atoms with Crippen molar-refractivity contribution in [3.8, 4) is 0 Å². The third-order valence-electron chi connectivity index (χ3n) is 9.11. The Morgan fingerprint density at radius 1 is 0.582 bits per heavy atom. The Morgan fingerprint density at radius 3 is 1.55 bits per heavy atom. The Morgan fingerprint density at radius 2 is 1.04 bits per heavy atom. The highest BCUT2D eigenvalue weighted by molar-refractivity contribution is 7.45. The van der Waals surface area contributed by atoms with E-state index in [9.17, 15) is 19.0 Å². The lowest BCUT2D eigenvalue weighted by molar-refractivity contribution is -0.870. The van der Waals surface area contributed by atoms with E-state index < -0.39 is 32.5 Å². The summed E-state index contributed by atoms with van der Waals surface area (Å²) in [5.74, 6) is -0.881. The van der Waals surface area contributed by atoms with E-state index in [1.54, 1.807) is 0 Å². The van der Waals surface area contributed by atoms with Gasteiger partial charge in [-0.05, 0) is 51.4 Å². The van der Waals surface area contributed by atoms with Crippen molar-refractivity contribution in [3.63, 3.8) is 0 Å². The molecule has 0 amide bonds. The van der Waals surface area contributed by atoms with Crippen LogP contribution in [0.3, 0.4) is 0 Å². The maximum Gasteiger partial charge on any atom is 0.306 e. The summed E-state index contributed by atoms with van der Waals surface area (Å²) in [6.45, 7) is 4.06. The number of rotatable bonds is 39. The molecule has 1 unspecified atom stereocenters. The highest BCUT2D eigenvalue weighted by atomic mass is 31.2. The van der Waals surface area contributed by atoms with Crippen LogP contribution in [-0.4, -0.2) is 70.0 Å². The van der Waals surface area contributed by atoms with Gasteiger partial charge in [-0.25, -0.2) is 0 Å². The van der Waals surface area contributed by atoms with E-state index in [1.807, 2.05) is 21.1 Å². The molecule has 0 bridgehead atoms.